The van der Waals surface area contributed by atoms with Crippen LogP contribution < -0.4 is 5.32 Å². The van der Waals surface area contributed by atoms with Crippen LogP contribution in [0.5, 0.6) is 0 Å². The number of esters is 1. The Morgan fingerprint density at radius 2 is 1.91 bits per heavy atom. The number of halogens is 1. The van der Waals surface area contributed by atoms with E-state index in [0.717, 1.165) is 21.7 Å². The highest BCUT2D eigenvalue weighted by Crippen LogP contribution is 2.37. The molecule has 2 aliphatic rings. The van der Waals surface area contributed by atoms with Gasteiger partial charge in [0.15, 0.2) is 0 Å². The summed E-state index contributed by atoms with van der Waals surface area (Å²) >= 11 is 6.12. The quantitative estimate of drug-likeness (QED) is 0.569. The second-order valence-electron chi connectivity index (χ2n) is 9.83. The molecule has 0 radical (unpaired) electrons. The van der Waals surface area contributed by atoms with Gasteiger partial charge in [-0.2, -0.15) is 0 Å². The molecule has 0 bridgehead atoms. The molecule has 1 aromatic rings. The number of nitrogens with zero attached hydrogens (tertiary/aromatic N) is 1. The maximum Gasteiger partial charge on any atom is 0.411 e. The highest BCUT2D eigenvalue weighted by atomic mass is 35.5. The highest BCUT2D eigenvalue weighted by Gasteiger charge is 2.38. The summed E-state index contributed by atoms with van der Waals surface area (Å²) in [5, 5.41) is 3.59. The SMILES string of the molecule is COC(=O)[C@@H](CC1=CC=C(Cl)CC1C)NC(=O)CC1c2ccccc2CN1C(=O)OC(C)(C)C. The van der Waals surface area contributed by atoms with E-state index in [1.807, 2.05) is 43.3 Å². The minimum absolute atomic E-state index is 0.00405. The van der Waals surface area contributed by atoms with E-state index < -0.39 is 29.7 Å². The van der Waals surface area contributed by atoms with Gasteiger partial charge in [-0.1, -0.05) is 54.4 Å². The molecule has 0 fully saturated rings. The molecule has 34 heavy (non-hydrogen) atoms. The lowest BCUT2D eigenvalue weighted by molar-refractivity contribution is -0.145. The molecule has 0 saturated heterocycles. The fourth-order valence-corrected chi connectivity index (χ4v) is 4.61. The Balaban J connectivity index is 1.76. The Bertz CT molecular complexity index is 1010. The molecule has 8 heteroatoms. The van der Waals surface area contributed by atoms with Gasteiger partial charge in [0.25, 0.3) is 0 Å². The van der Waals surface area contributed by atoms with Gasteiger partial charge in [0.1, 0.15) is 11.6 Å². The zero-order valence-corrected chi connectivity index (χ0v) is 21.1. The third-order valence-electron chi connectivity index (χ3n) is 6.01. The average Bonchev–Trinajstić information content (AvgIpc) is 3.12. The topological polar surface area (TPSA) is 84.9 Å². The van der Waals surface area contributed by atoms with Crippen LogP contribution in [0.2, 0.25) is 0 Å². The van der Waals surface area contributed by atoms with Crippen molar-refractivity contribution in [3.8, 4) is 0 Å². The second-order valence-corrected chi connectivity index (χ2v) is 10.3. The van der Waals surface area contributed by atoms with Crippen LogP contribution in [0.15, 0.2) is 47.0 Å². The normalized spacial score (nSPS) is 20.6. The average molecular weight is 489 g/mol. The molecule has 1 aliphatic heterocycles. The molecule has 7 nitrogen and oxygen atoms in total. The number of nitrogens with one attached hydrogen (secondary N) is 1. The first-order valence-corrected chi connectivity index (χ1v) is 11.9. The van der Waals surface area contributed by atoms with Gasteiger partial charge in [-0.05, 0) is 56.7 Å². The molecule has 1 aliphatic carbocycles. The summed E-state index contributed by atoms with van der Waals surface area (Å²) in [6.45, 7) is 7.81. The predicted molar refractivity (Wildman–Crippen MR) is 130 cm³/mol. The molecule has 0 aromatic heterocycles. The molecule has 2 amide bonds. The van der Waals surface area contributed by atoms with E-state index in [4.69, 9.17) is 21.1 Å². The van der Waals surface area contributed by atoms with Crippen molar-refractivity contribution in [1.82, 2.24) is 10.2 Å². The zero-order chi connectivity index (χ0) is 25.0. The number of methoxy groups -OCH3 is 1. The standard InChI is InChI=1S/C26H33ClN2O5/c1-16-12-19(27)11-10-17(16)13-21(24(31)33-5)28-23(30)14-22-20-9-7-6-8-18(20)15-29(22)25(32)34-26(2,3)4/h6-11,16,21-22H,12-15H2,1-5H3,(H,28,30)/t16?,21-,22?/m1/s1. The fourth-order valence-electron chi connectivity index (χ4n) is 4.32. The van der Waals surface area contributed by atoms with Crippen LogP contribution in [0.1, 0.15) is 64.1 Å². The minimum atomic E-state index is -0.830. The number of benzene rings is 1. The summed E-state index contributed by atoms with van der Waals surface area (Å²) < 4.78 is 10.5. The number of hydrogen-bond acceptors (Lipinski definition) is 5. The lowest BCUT2D eigenvalue weighted by Gasteiger charge is -2.29. The van der Waals surface area contributed by atoms with Gasteiger partial charge in [-0.15, -0.1) is 0 Å². The van der Waals surface area contributed by atoms with Crippen LogP contribution in [-0.2, 0) is 25.6 Å². The molecule has 0 spiro atoms. The van der Waals surface area contributed by atoms with Gasteiger partial charge < -0.3 is 14.8 Å². The smallest absolute Gasteiger partial charge is 0.411 e. The third kappa shape index (κ3) is 6.41. The van der Waals surface area contributed by atoms with Crippen molar-refractivity contribution in [2.45, 2.75) is 71.2 Å². The Hall–Kier alpha value is -2.80. The molecule has 3 atom stereocenters. The van der Waals surface area contributed by atoms with Crippen molar-refractivity contribution >= 4 is 29.6 Å². The monoisotopic (exact) mass is 488 g/mol. The zero-order valence-electron chi connectivity index (χ0n) is 20.4. The van der Waals surface area contributed by atoms with Crippen LogP contribution in [-0.4, -0.2) is 41.6 Å². The molecule has 1 aromatic carbocycles. The fraction of sp³-hybridized carbons (Fsp3) is 0.500. The highest BCUT2D eigenvalue weighted by molar-refractivity contribution is 6.29. The van der Waals surface area contributed by atoms with Crippen molar-refractivity contribution in [3.63, 3.8) is 0 Å². The van der Waals surface area contributed by atoms with Gasteiger partial charge in [0.05, 0.1) is 19.6 Å². The van der Waals surface area contributed by atoms with Crippen LogP contribution in [0.25, 0.3) is 0 Å². The van der Waals surface area contributed by atoms with Crippen molar-refractivity contribution in [2.24, 2.45) is 5.92 Å². The number of carbonyl (C=O) groups excluding carboxylic acids is 3. The largest absolute Gasteiger partial charge is 0.467 e. The first-order chi connectivity index (χ1) is 16.0. The number of ether oxygens (including phenoxy) is 2. The van der Waals surface area contributed by atoms with Crippen LogP contribution in [0.3, 0.4) is 0 Å². The maximum absolute atomic E-state index is 13.1. The van der Waals surface area contributed by atoms with Crippen LogP contribution in [0.4, 0.5) is 4.79 Å². The molecular weight excluding hydrogens is 456 g/mol. The van der Waals surface area contributed by atoms with E-state index in [0.29, 0.717) is 19.4 Å². The third-order valence-corrected chi connectivity index (χ3v) is 6.29. The van der Waals surface area contributed by atoms with Crippen molar-refractivity contribution in [3.05, 3.63) is 58.1 Å². The number of amides is 2. The number of rotatable bonds is 6. The van der Waals surface area contributed by atoms with Crippen molar-refractivity contribution in [2.75, 3.05) is 7.11 Å². The predicted octanol–water partition coefficient (Wildman–Crippen LogP) is 5.01. The molecular formula is C26H33ClN2O5. The Labute approximate surface area is 206 Å². The van der Waals surface area contributed by atoms with Gasteiger partial charge in [-0.25, -0.2) is 9.59 Å². The number of carbonyl (C=O) groups is 3. The van der Waals surface area contributed by atoms with E-state index in [1.165, 1.54) is 7.11 Å². The first kappa shape index (κ1) is 25.8. The van der Waals surface area contributed by atoms with Crippen LogP contribution >= 0.6 is 11.6 Å². The lowest BCUT2D eigenvalue weighted by Crippen LogP contribution is -2.44. The number of fused-ring (bicyclic) bond motifs is 1. The van der Waals surface area contributed by atoms with E-state index >= 15 is 0 Å². The summed E-state index contributed by atoms with van der Waals surface area (Å²) in [5.41, 5.74) is 2.24. The lowest BCUT2D eigenvalue weighted by atomic mass is 9.88. The molecule has 2 unspecified atom stereocenters. The molecule has 0 saturated carbocycles. The van der Waals surface area contributed by atoms with Gasteiger partial charge in [-0.3, -0.25) is 9.69 Å². The summed E-state index contributed by atoms with van der Waals surface area (Å²) in [5.74, 6) is -0.702. The van der Waals surface area contributed by atoms with Gasteiger partial charge in [0, 0.05) is 11.6 Å². The van der Waals surface area contributed by atoms with E-state index in [1.54, 1.807) is 25.7 Å². The van der Waals surface area contributed by atoms with Crippen molar-refractivity contribution < 1.29 is 23.9 Å². The molecule has 1 N–H and O–H groups in total. The minimum Gasteiger partial charge on any atom is -0.467 e. The van der Waals surface area contributed by atoms with Gasteiger partial charge in [0.2, 0.25) is 5.91 Å². The van der Waals surface area contributed by atoms with Gasteiger partial charge >= 0.3 is 12.1 Å². The number of hydrogen-bond donors (Lipinski definition) is 1. The summed E-state index contributed by atoms with van der Waals surface area (Å²) in [6, 6.07) is 6.33. The first-order valence-electron chi connectivity index (χ1n) is 11.5. The van der Waals surface area contributed by atoms with E-state index in [9.17, 15) is 14.4 Å². The van der Waals surface area contributed by atoms with E-state index in [2.05, 4.69) is 5.32 Å². The Morgan fingerprint density at radius 3 is 2.56 bits per heavy atom. The molecule has 3 rings (SSSR count). The summed E-state index contributed by atoms with van der Waals surface area (Å²) in [6.07, 6.45) is 4.27. The van der Waals surface area contributed by atoms with Crippen LogP contribution in [0, 0.1) is 5.92 Å². The molecule has 1 heterocycles. The Morgan fingerprint density at radius 1 is 1.21 bits per heavy atom. The van der Waals surface area contributed by atoms with E-state index in [-0.39, 0.29) is 18.2 Å². The summed E-state index contributed by atoms with van der Waals surface area (Å²) in [4.78, 5) is 40.1. The second kappa shape index (κ2) is 10.6. The number of allylic oxidation sites excluding steroid dienone is 3. The Kier molecular flexibility index (Phi) is 8.08. The maximum atomic E-state index is 13.1. The molecule has 184 valence electrons. The summed E-state index contributed by atoms with van der Waals surface area (Å²) in [7, 11) is 1.30. The van der Waals surface area contributed by atoms with Crippen molar-refractivity contribution in [1.29, 1.82) is 0 Å².